The minimum Gasteiger partial charge on any atom is -0.324 e. The molecule has 3 rings (SSSR count). The van der Waals surface area contributed by atoms with Gasteiger partial charge in [-0.15, -0.1) is 0 Å². The molecule has 106 valence electrons. The second kappa shape index (κ2) is 5.37. The molecule has 1 aliphatic rings. The highest BCUT2D eigenvalue weighted by atomic mass is 15.3. The molecular weight excluding hydrogens is 248 g/mol. The van der Waals surface area contributed by atoms with Crippen LogP contribution in [0.3, 0.4) is 0 Å². The van der Waals surface area contributed by atoms with Crippen LogP contribution in [0.4, 0.5) is 0 Å². The Morgan fingerprint density at radius 2 is 2.10 bits per heavy atom. The quantitative estimate of drug-likeness (QED) is 0.926. The molecule has 1 atom stereocenters. The Hall–Kier alpha value is -1.68. The summed E-state index contributed by atoms with van der Waals surface area (Å²) < 4.78 is 2.00. The van der Waals surface area contributed by atoms with E-state index in [1.54, 1.807) is 6.33 Å². The van der Waals surface area contributed by atoms with Gasteiger partial charge in [-0.2, -0.15) is 5.10 Å². The summed E-state index contributed by atoms with van der Waals surface area (Å²) in [5.74, 6) is 1.02. The average Bonchev–Trinajstić information content (AvgIpc) is 2.86. The Morgan fingerprint density at radius 3 is 2.90 bits per heavy atom. The molecule has 0 saturated carbocycles. The van der Waals surface area contributed by atoms with Gasteiger partial charge in [0.25, 0.3) is 0 Å². The van der Waals surface area contributed by atoms with Gasteiger partial charge in [0.1, 0.15) is 12.2 Å². The zero-order valence-electron chi connectivity index (χ0n) is 12.0. The standard InChI is InChI=1S/C16H22N4/c1-2-9-20-15(18-12-19-20)11-16(17)8-7-13-5-3-4-6-14(13)10-16/h3-6,12H,2,7-11,17H2,1H3. The molecule has 0 saturated heterocycles. The van der Waals surface area contributed by atoms with E-state index in [0.717, 1.165) is 44.5 Å². The molecule has 1 aromatic heterocycles. The van der Waals surface area contributed by atoms with Crippen molar-refractivity contribution in [2.24, 2.45) is 5.73 Å². The molecule has 0 amide bonds. The zero-order chi connectivity index (χ0) is 14.0. The highest BCUT2D eigenvalue weighted by Crippen LogP contribution is 2.29. The summed E-state index contributed by atoms with van der Waals surface area (Å²) in [4.78, 5) is 4.40. The molecule has 1 aliphatic carbocycles. The lowest BCUT2D eigenvalue weighted by molar-refractivity contribution is 0.353. The number of aryl methyl sites for hydroxylation is 2. The molecule has 4 heteroatoms. The monoisotopic (exact) mass is 270 g/mol. The van der Waals surface area contributed by atoms with Crippen LogP contribution in [-0.4, -0.2) is 20.3 Å². The molecule has 20 heavy (non-hydrogen) atoms. The molecule has 0 spiro atoms. The summed E-state index contributed by atoms with van der Waals surface area (Å²) >= 11 is 0. The van der Waals surface area contributed by atoms with Crippen LogP contribution in [0.5, 0.6) is 0 Å². The molecular formula is C16H22N4. The first-order chi connectivity index (χ1) is 9.70. The van der Waals surface area contributed by atoms with Gasteiger partial charge in [-0.3, -0.25) is 4.68 Å². The second-order valence-corrected chi connectivity index (χ2v) is 5.88. The van der Waals surface area contributed by atoms with Gasteiger partial charge >= 0.3 is 0 Å². The predicted molar refractivity (Wildman–Crippen MR) is 79.4 cm³/mol. The molecule has 1 aromatic carbocycles. The lowest BCUT2D eigenvalue weighted by atomic mass is 9.76. The van der Waals surface area contributed by atoms with E-state index in [2.05, 4.69) is 41.3 Å². The van der Waals surface area contributed by atoms with Crippen molar-refractivity contribution in [3.8, 4) is 0 Å². The Kier molecular flexibility index (Phi) is 3.57. The number of nitrogens with zero attached hydrogens (tertiary/aromatic N) is 3. The molecule has 4 nitrogen and oxygen atoms in total. The first-order valence-corrected chi connectivity index (χ1v) is 7.42. The lowest BCUT2D eigenvalue weighted by Crippen LogP contribution is -2.47. The predicted octanol–water partition coefficient (Wildman–Crippen LogP) is 2.12. The Morgan fingerprint density at radius 1 is 1.30 bits per heavy atom. The maximum absolute atomic E-state index is 6.65. The van der Waals surface area contributed by atoms with Crippen molar-refractivity contribution in [2.45, 2.75) is 51.1 Å². The lowest BCUT2D eigenvalue weighted by Gasteiger charge is -2.34. The van der Waals surface area contributed by atoms with Crippen molar-refractivity contribution >= 4 is 0 Å². The van der Waals surface area contributed by atoms with Gasteiger partial charge in [-0.1, -0.05) is 31.2 Å². The summed E-state index contributed by atoms with van der Waals surface area (Å²) in [6.07, 6.45) is 6.53. The minimum atomic E-state index is -0.188. The second-order valence-electron chi connectivity index (χ2n) is 5.88. The first-order valence-electron chi connectivity index (χ1n) is 7.42. The summed E-state index contributed by atoms with van der Waals surface area (Å²) in [5.41, 5.74) is 9.30. The number of hydrogen-bond donors (Lipinski definition) is 1. The maximum atomic E-state index is 6.65. The van der Waals surface area contributed by atoms with E-state index < -0.39 is 0 Å². The fraction of sp³-hybridized carbons (Fsp3) is 0.500. The smallest absolute Gasteiger partial charge is 0.138 e. The van der Waals surface area contributed by atoms with Crippen LogP contribution >= 0.6 is 0 Å². The summed E-state index contributed by atoms with van der Waals surface area (Å²) in [7, 11) is 0. The van der Waals surface area contributed by atoms with Crippen LogP contribution in [0.1, 0.15) is 36.7 Å². The SMILES string of the molecule is CCCn1ncnc1CC1(N)CCc2ccccc2C1. The third-order valence-corrected chi connectivity index (χ3v) is 4.19. The highest BCUT2D eigenvalue weighted by molar-refractivity contribution is 5.32. The van der Waals surface area contributed by atoms with E-state index in [9.17, 15) is 0 Å². The van der Waals surface area contributed by atoms with Crippen LogP contribution in [0, 0.1) is 0 Å². The fourth-order valence-electron chi connectivity index (χ4n) is 3.11. The van der Waals surface area contributed by atoms with Crippen molar-refractivity contribution in [1.82, 2.24) is 14.8 Å². The number of aromatic nitrogens is 3. The van der Waals surface area contributed by atoms with E-state index >= 15 is 0 Å². The number of rotatable bonds is 4. The van der Waals surface area contributed by atoms with Crippen molar-refractivity contribution in [3.63, 3.8) is 0 Å². The molecule has 2 aromatic rings. The third kappa shape index (κ3) is 2.61. The van der Waals surface area contributed by atoms with E-state index in [1.807, 2.05) is 4.68 Å². The molecule has 1 unspecified atom stereocenters. The van der Waals surface area contributed by atoms with E-state index in [0.29, 0.717) is 0 Å². The van der Waals surface area contributed by atoms with E-state index in [-0.39, 0.29) is 5.54 Å². The van der Waals surface area contributed by atoms with Gasteiger partial charge in [-0.05, 0) is 36.8 Å². The van der Waals surface area contributed by atoms with Crippen LogP contribution in [0.25, 0.3) is 0 Å². The van der Waals surface area contributed by atoms with Gasteiger partial charge in [0.05, 0.1) is 0 Å². The maximum Gasteiger partial charge on any atom is 0.138 e. The largest absolute Gasteiger partial charge is 0.324 e. The normalized spacial score (nSPS) is 21.7. The molecule has 0 fully saturated rings. The van der Waals surface area contributed by atoms with Gasteiger partial charge in [0, 0.05) is 18.5 Å². The average molecular weight is 270 g/mol. The number of nitrogens with two attached hydrogens (primary N) is 1. The highest BCUT2D eigenvalue weighted by Gasteiger charge is 2.32. The number of benzene rings is 1. The molecule has 1 heterocycles. The van der Waals surface area contributed by atoms with E-state index in [4.69, 9.17) is 5.73 Å². The van der Waals surface area contributed by atoms with Crippen molar-refractivity contribution in [3.05, 3.63) is 47.5 Å². The summed E-state index contributed by atoms with van der Waals surface area (Å²) in [6.45, 7) is 3.07. The molecule has 0 aliphatic heterocycles. The van der Waals surface area contributed by atoms with Gasteiger partial charge < -0.3 is 5.73 Å². The zero-order valence-corrected chi connectivity index (χ0v) is 12.0. The molecule has 2 N–H and O–H groups in total. The van der Waals surface area contributed by atoms with Crippen LogP contribution in [0.2, 0.25) is 0 Å². The van der Waals surface area contributed by atoms with Crippen molar-refractivity contribution in [1.29, 1.82) is 0 Å². The Balaban J connectivity index is 1.79. The topological polar surface area (TPSA) is 56.7 Å². The van der Waals surface area contributed by atoms with Crippen molar-refractivity contribution in [2.75, 3.05) is 0 Å². The van der Waals surface area contributed by atoms with Crippen LogP contribution in [-0.2, 0) is 25.8 Å². The molecule has 0 bridgehead atoms. The van der Waals surface area contributed by atoms with E-state index in [1.165, 1.54) is 11.1 Å². The van der Waals surface area contributed by atoms with Gasteiger partial charge in [-0.25, -0.2) is 4.98 Å². The van der Waals surface area contributed by atoms with Crippen LogP contribution in [0.15, 0.2) is 30.6 Å². The van der Waals surface area contributed by atoms with Crippen molar-refractivity contribution < 1.29 is 0 Å². The van der Waals surface area contributed by atoms with Gasteiger partial charge in [0.2, 0.25) is 0 Å². The Labute approximate surface area is 120 Å². The number of fused-ring (bicyclic) bond motifs is 1. The Bertz CT molecular complexity index is 590. The minimum absolute atomic E-state index is 0.188. The third-order valence-electron chi connectivity index (χ3n) is 4.19. The fourth-order valence-corrected chi connectivity index (χ4v) is 3.11. The molecule has 0 radical (unpaired) electrons. The van der Waals surface area contributed by atoms with Gasteiger partial charge in [0.15, 0.2) is 0 Å². The van der Waals surface area contributed by atoms with Crippen LogP contribution < -0.4 is 5.73 Å². The first kappa shape index (κ1) is 13.3. The summed E-state index contributed by atoms with van der Waals surface area (Å²) in [6, 6.07) is 8.63. The summed E-state index contributed by atoms with van der Waals surface area (Å²) in [5, 5.41) is 4.30. The number of hydrogen-bond acceptors (Lipinski definition) is 3.